The lowest BCUT2D eigenvalue weighted by molar-refractivity contribution is 0.577. The molecule has 1 aromatic rings. The number of nitrogens with zero attached hydrogens (tertiary/aromatic N) is 1. The van der Waals surface area contributed by atoms with E-state index in [-0.39, 0.29) is 0 Å². The van der Waals surface area contributed by atoms with Crippen molar-refractivity contribution in [3.63, 3.8) is 0 Å². The van der Waals surface area contributed by atoms with E-state index in [0.717, 1.165) is 5.56 Å². The van der Waals surface area contributed by atoms with Gasteiger partial charge in [-0.15, -0.1) is 0 Å². The Balaban J connectivity index is 2.61. The highest BCUT2D eigenvalue weighted by Gasteiger charge is 2.15. The Morgan fingerprint density at radius 2 is 1.94 bits per heavy atom. The molecule has 16 heavy (non-hydrogen) atoms. The monoisotopic (exact) mass is 236 g/mol. The van der Waals surface area contributed by atoms with Gasteiger partial charge in [-0.2, -0.15) is 5.26 Å². The number of nitriles is 1. The van der Waals surface area contributed by atoms with Crippen LogP contribution in [0.3, 0.4) is 0 Å². The van der Waals surface area contributed by atoms with Crippen molar-refractivity contribution in [1.82, 2.24) is 0 Å². The van der Waals surface area contributed by atoms with E-state index in [1.807, 2.05) is 32.0 Å². The molecule has 3 nitrogen and oxygen atoms in total. The Hall–Kier alpha value is -1.18. The summed E-state index contributed by atoms with van der Waals surface area (Å²) in [7, 11) is -0.957. The van der Waals surface area contributed by atoms with Crippen molar-refractivity contribution in [2.75, 3.05) is 5.75 Å². The summed E-state index contributed by atoms with van der Waals surface area (Å²) >= 11 is 0. The average Bonchev–Trinajstić information content (AvgIpc) is 2.16. The highest BCUT2D eigenvalue weighted by Crippen LogP contribution is 2.09. The average molecular weight is 236 g/mol. The van der Waals surface area contributed by atoms with Crippen molar-refractivity contribution < 1.29 is 4.21 Å². The second kappa shape index (κ2) is 5.24. The normalized spacial score (nSPS) is 13.1. The van der Waals surface area contributed by atoms with Crippen molar-refractivity contribution >= 4 is 10.8 Å². The summed E-state index contributed by atoms with van der Waals surface area (Å²) in [5.41, 5.74) is 6.99. The number of hydrogen-bond donors (Lipinski definition) is 1. The molecule has 0 spiro atoms. The van der Waals surface area contributed by atoms with Gasteiger partial charge in [0.25, 0.3) is 0 Å². The van der Waals surface area contributed by atoms with E-state index in [4.69, 9.17) is 11.0 Å². The molecule has 0 bridgehead atoms. The molecule has 0 radical (unpaired) electrons. The van der Waals surface area contributed by atoms with Gasteiger partial charge in [-0.3, -0.25) is 4.21 Å². The molecule has 0 aromatic heterocycles. The van der Waals surface area contributed by atoms with Gasteiger partial charge in [-0.1, -0.05) is 12.1 Å². The molecule has 0 saturated heterocycles. The number of nitrogens with two attached hydrogens (primary N) is 1. The van der Waals surface area contributed by atoms with Crippen LogP contribution >= 0.6 is 0 Å². The first-order valence-corrected chi connectivity index (χ1v) is 6.52. The lowest BCUT2D eigenvalue weighted by atomic mass is 10.1. The van der Waals surface area contributed by atoms with E-state index < -0.39 is 16.3 Å². The first-order valence-electron chi connectivity index (χ1n) is 5.03. The Labute approximate surface area is 98.7 Å². The second-order valence-corrected chi connectivity index (χ2v) is 5.98. The van der Waals surface area contributed by atoms with Gasteiger partial charge in [0, 0.05) is 27.8 Å². The molecule has 4 heteroatoms. The molecule has 0 aliphatic heterocycles. The third-order valence-electron chi connectivity index (χ3n) is 1.94. The Bertz CT molecular complexity index is 412. The minimum absolute atomic E-state index is 0.405. The van der Waals surface area contributed by atoms with Gasteiger partial charge in [0.2, 0.25) is 0 Å². The predicted molar refractivity (Wildman–Crippen MR) is 66.1 cm³/mol. The Morgan fingerprint density at radius 1 is 1.38 bits per heavy atom. The van der Waals surface area contributed by atoms with Crippen LogP contribution in [0.15, 0.2) is 24.3 Å². The third-order valence-corrected chi connectivity index (χ3v) is 3.66. The van der Waals surface area contributed by atoms with Gasteiger partial charge >= 0.3 is 0 Å². The summed E-state index contributed by atoms with van der Waals surface area (Å²) in [6.07, 6.45) is 0. The fourth-order valence-electron chi connectivity index (χ4n) is 1.33. The van der Waals surface area contributed by atoms with Crippen molar-refractivity contribution in [1.29, 1.82) is 5.26 Å². The maximum absolute atomic E-state index is 11.7. The summed E-state index contributed by atoms with van der Waals surface area (Å²) in [5, 5.41) is 8.64. The van der Waals surface area contributed by atoms with Crippen LogP contribution in [-0.4, -0.2) is 15.5 Å². The Kier molecular flexibility index (Phi) is 4.22. The molecule has 0 aliphatic carbocycles. The SMILES string of the molecule is CC(C)(N)CS(=O)Cc1ccc(C#N)cc1. The molecule has 0 saturated carbocycles. The highest BCUT2D eigenvalue weighted by atomic mass is 32.2. The van der Waals surface area contributed by atoms with E-state index in [1.54, 1.807) is 12.1 Å². The first-order chi connectivity index (χ1) is 7.40. The minimum atomic E-state index is -0.957. The quantitative estimate of drug-likeness (QED) is 0.862. The van der Waals surface area contributed by atoms with Gasteiger partial charge in [-0.25, -0.2) is 0 Å². The van der Waals surface area contributed by atoms with Crippen LogP contribution in [-0.2, 0) is 16.6 Å². The molecule has 1 aromatic carbocycles. The zero-order valence-electron chi connectivity index (χ0n) is 9.56. The molecule has 0 amide bonds. The van der Waals surface area contributed by atoms with Crippen molar-refractivity contribution in [3.05, 3.63) is 35.4 Å². The largest absolute Gasteiger partial charge is 0.325 e. The zero-order valence-corrected chi connectivity index (χ0v) is 10.4. The van der Waals surface area contributed by atoms with Crippen molar-refractivity contribution in [2.45, 2.75) is 25.1 Å². The molecule has 1 unspecified atom stereocenters. The minimum Gasteiger partial charge on any atom is -0.325 e. The molecular formula is C12H16N2OS. The molecule has 2 N–H and O–H groups in total. The number of benzene rings is 1. The van der Waals surface area contributed by atoms with Crippen LogP contribution in [0, 0.1) is 11.3 Å². The summed E-state index contributed by atoms with van der Waals surface area (Å²) in [6.45, 7) is 3.73. The number of rotatable bonds is 4. The molecule has 1 atom stereocenters. The van der Waals surface area contributed by atoms with Crippen LogP contribution in [0.25, 0.3) is 0 Å². The lowest BCUT2D eigenvalue weighted by Gasteiger charge is -2.17. The van der Waals surface area contributed by atoms with Crippen LogP contribution in [0.4, 0.5) is 0 Å². The summed E-state index contributed by atoms with van der Waals surface area (Å²) in [6, 6.07) is 9.19. The summed E-state index contributed by atoms with van der Waals surface area (Å²) < 4.78 is 11.7. The van der Waals surface area contributed by atoms with Crippen LogP contribution in [0.2, 0.25) is 0 Å². The topological polar surface area (TPSA) is 66.9 Å². The van der Waals surface area contributed by atoms with Crippen molar-refractivity contribution in [3.8, 4) is 6.07 Å². The van der Waals surface area contributed by atoms with Gasteiger partial charge < -0.3 is 5.73 Å². The van der Waals surface area contributed by atoms with E-state index >= 15 is 0 Å². The van der Waals surface area contributed by atoms with E-state index in [9.17, 15) is 4.21 Å². The standard InChI is InChI=1S/C12H16N2OS/c1-12(2,14)9-16(15)8-11-5-3-10(7-13)4-6-11/h3-6H,8-9,14H2,1-2H3. The zero-order chi connectivity index (χ0) is 12.2. The van der Waals surface area contributed by atoms with Gasteiger partial charge in [-0.05, 0) is 31.5 Å². The molecule has 1 rings (SSSR count). The molecular weight excluding hydrogens is 220 g/mol. The van der Waals surface area contributed by atoms with Crippen molar-refractivity contribution in [2.24, 2.45) is 5.73 Å². The van der Waals surface area contributed by atoms with E-state index in [0.29, 0.717) is 17.1 Å². The van der Waals surface area contributed by atoms with Crippen LogP contribution in [0.1, 0.15) is 25.0 Å². The summed E-state index contributed by atoms with van der Waals surface area (Å²) in [5.74, 6) is 0.972. The van der Waals surface area contributed by atoms with Crippen LogP contribution in [0.5, 0.6) is 0 Å². The summed E-state index contributed by atoms with van der Waals surface area (Å²) in [4.78, 5) is 0. The molecule has 0 heterocycles. The second-order valence-electron chi connectivity index (χ2n) is 4.53. The predicted octanol–water partition coefficient (Wildman–Crippen LogP) is 1.54. The first kappa shape index (κ1) is 12.9. The highest BCUT2D eigenvalue weighted by molar-refractivity contribution is 7.84. The maximum Gasteiger partial charge on any atom is 0.0991 e. The van der Waals surface area contributed by atoms with E-state index in [2.05, 4.69) is 0 Å². The maximum atomic E-state index is 11.7. The molecule has 86 valence electrons. The molecule has 0 fully saturated rings. The van der Waals surface area contributed by atoms with Gasteiger partial charge in [0.15, 0.2) is 0 Å². The smallest absolute Gasteiger partial charge is 0.0991 e. The third kappa shape index (κ3) is 4.56. The molecule has 0 aliphatic rings. The lowest BCUT2D eigenvalue weighted by Crippen LogP contribution is -2.38. The number of hydrogen-bond acceptors (Lipinski definition) is 3. The van der Waals surface area contributed by atoms with Gasteiger partial charge in [0.1, 0.15) is 0 Å². The van der Waals surface area contributed by atoms with Crippen LogP contribution < -0.4 is 5.73 Å². The Morgan fingerprint density at radius 3 is 2.38 bits per heavy atom. The van der Waals surface area contributed by atoms with E-state index in [1.165, 1.54) is 0 Å². The fraction of sp³-hybridized carbons (Fsp3) is 0.417. The fourth-order valence-corrected chi connectivity index (χ4v) is 2.82. The van der Waals surface area contributed by atoms with Gasteiger partial charge in [0.05, 0.1) is 11.6 Å².